The van der Waals surface area contributed by atoms with Gasteiger partial charge in [0, 0.05) is 37.9 Å². The van der Waals surface area contributed by atoms with E-state index in [1.807, 2.05) is 23.2 Å². The summed E-state index contributed by atoms with van der Waals surface area (Å²) in [6, 6.07) is 4.07. The van der Waals surface area contributed by atoms with Crippen molar-refractivity contribution in [2.24, 2.45) is 11.7 Å². The van der Waals surface area contributed by atoms with Crippen LogP contribution >= 0.6 is 0 Å². The summed E-state index contributed by atoms with van der Waals surface area (Å²) in [5.41, 5.74) is 7.21. The van der Waals surface area contributed by atoms with Crippen molar-refractivity contribution in [3.63, 3.8) is 0 Å². The van der Waals surface area contributed by atoms with Gasteiger partial charge in [-0.3, -0.25) is 9.78 Å². The Morgan fingerprint density at radius 2 is 2.37 bits per heavy atom. The van der Waals surface area contributed by atoms with Gasteiger partial charge in [0.2, 0.25) is 5.91 Å². The lowest BCUT2D eigenvalue weighted by molar-refractivity contribution is -0.130. The van der Waals surface area contributed by atoms with Crippen molar-refractivity contribution in [1.82, 2.24) is 9.88 Å². The second-order valence-electron chi connectivity index (χ2n) is 5.37. The topological polar surface area (TPSA) is 59.2 Å². The molecule has 0 spiro atoms. The van der Waals surface area contributed by atoms with Crippen LogP contribution in [0.15, 0.2) is 24.5 Å². The van der Waals surface area contributed by atoms with Gasteiger partial charge in [0.1, 0.15) is 0 Å². The molecule has 1 aliphatic heterocycles. The molecule has 0 unspecified atom stereocenters. The molecule has 1 aliphatic rings. The molecular weight excluding hydrogens is 238 g/mol. The summed E-state index contributed by atoms with van der Waals surface area (Å²) in [4.78, 5) is 18.2. The Labute approximate surface area is 115 Å². The predicted molar refractivity (Wildman–Crippen MR) is 75.5 cm³/mol. The average Bonchev–Trinajstić information content (AvgIpc) is 2.79. The Kier molecular flexibility index (Phi) is 4.91. The molecule has 2 rings (SSSR count). The maximum Gasteiger partial charge on any atom is 0.222 e. The van der Waals surface area contributed by atoms with E-state index in [2.05, 4.69) is 11.9 Å². The molecule has 0 aliphatic carbocycles. The molecule has 0 aromatic carbocycles. The molecular formula is C15H23N3O. The van der Waals surface area contributed by atoms with Crippen molar-refractivity contribution in [2.45, 2.75) is 38.6 Å². The van der Waals surface area contributed by atoms with E-state index in [0.29, 0.717) is 12.3 Å². The van der Waals surface area contributed by atoms with Crippen LogP contribution in [0.1, 0.15) is 31.7 Å². The number of amides is 1. The monoisotopic (exact) mass is 261 g/mol. The largest absolute Gasteiger partial charge is 0.341 e. The predicted octanol–water partition coefficient (Wildman–Crippen LogP) is 1.60. The lowest BCUT2D eigenvalue weighted by Crippen LogP contribution is -2.32. The highest BCUT2D eigenvalue weighted by atomic mass is 16.2. The zero-order chi connectivity index (χ0) is 13.7. The molecule has 1 saturated heterocycles. The number of hydrogen-bond acceptors (Lipinski definition) is 3. The fourth-order valence-corrected chi connectivity index (χ4v) is 2.73. The third kappa shape index (κ3) is 3.77. The molecule has 104 valence electrons. The van der Waals surface area contributed by atoms with Gasteiger partial charge in [-0.15, -0.1) is 0 Å². The molecule has 2 atom stereocenters. The van der Waals surface area contributed by atoms with Crippen molar-refractivity contribution in [1.29, 1.82) is 0 Å². The molecule has 0 bridgehead atoms. The van der Waals surface area contributed by atoms with Gasteiger partial charge in [-0.2, -0.15) is 0 Å². The highest BCUT2D eigenvalue weighted by molar-refractivity contribution is 5.76. The number of pyridine rings is 1. The first-order valence-corrected chi connectivity index (χ1v) is 7.13. The number of nitrogens with zero attached hydrogens (tertiary/aromatic N) is 2. The number of aryl methyl sites for hydroxylation is 1. The van der Waals surface area contributed by atoms with Gasteiger partial charge >= 0.3 is 0 Å². The highest BCUT2D eigenvalue weighted by Crippen LogP contribution is 2.21. The van der Waals surface area contributed by atoms with E-state index in [1.165, 1.54) is 0 Å². The minimum atomic E-state index is 0.155. The standard InChI is InChI=1S/C15H23N3O/c1-2-4-13-10-18(11-14(13)16)15(19)7-6-12-5-3-8-17-9-12/h3,5,8-9,13-14H,2,4,6-7,10-11,16H2,1H3/t13-,14-/m0/s1. The number of nitrogens with two attached hydrogens (primary N) is 1. The number of likely N-dealkylation sites (tertiary alicyclic amines) is 1. The summed E-state index contributed by atoms with van der Waals surface area (Å²) in [6.07, 6.45) is 7.14. The zero-order valence-electron chi connectivity index (χ0n) is 11.6. The summed E-state index contributed by atoms with van der Waals surface area (Å²) < 4.78 is 0. The van der Waals surface area contributed by atoms with E-state index >= 15 is 0 Å². The second-order valence-corrected chi connectivity index (χ2v) is 5.37. The molecule has 4 nitrogen and oxygen atoms in total. The van der Waals surface area contributed by atoms with E-state index < -0.39 is 0 Å². The van der Waals surface area contributed by atoms with Crippen LogP contribution in [0, 0.1) is 5.92 Å². The van der Waals surface area contributed by atoms with Crippen molar-refractivity contribution in [3.05, 3.63) is 30.1 Å². The lowest BCUT2D eigenvalue weighted by atomic mass is 9.99. The zero-order valence-corrected chi connectivity index (χ0v) is 11.6. The molecule has 0 saturated carbocycles. The first-order valence-electron chi connectivity index (χ1n) is 7.13. The molecule has 1 fully saturated rings. The van der Waals surface area contributed by atoms with Crippen molar-refractivity contribution in [3.8, 4) is 0 Å². The quantitative estimate of drug-likeness (QED) is 0.876. The van der Waals surface area contributed by atoms with E-state index in [0.717, 1.165) is 37.9 Å². The van der Waals surface area contributed by atoms with Crippen LogP contribution in [0.25, 0.3) is 0 Å². The Morgan fingerprint density at radius 1 is 1.53 bits per heavy atom. The van der Waals surface area contributed by atoms with E-state index in [1.54, 1.807) is 6.20 Å². The van der Waals surface area contributed by atoms with Crippen molar-refractivity contribution in [2.75, 3.05) is 13.1 Å². The highest BCUT2D eigenvalue weighted by Gasteiger charge is 2.31. The fourth-order valence-electron chi connectivity index (χ4n) is 2.73. The fraction of sp³-hybridized carbons (Fsp3) is 0.600. The van der Waals surface area contributed by atoms with E-state index in [9.17, 15) is 4.79 Å². The number of carbonyl (C=O) groups excluding carboxylic acids is 1. The number of hydrogen-bond donors (Lipinski definition) is 1. The van der Waals surface area contributed by atoms with Gasteiger partial charge < -0.3 is 10.6 Å². The van der Waals surface area contributed by atoms with E-state index in [-0.39, 0.29) is 11.9 Å². The number of rotatable bonds is 5. The molecule has 2 heterocycles. The normalized spacial score (nSPS) is 22.7. The SMILES string of the molecule is CCC[C@H]1CN(C(=O)CCc2cccnc2)C[C@@H]1N. The summed E-state index contributed by atoms with van der Waals surface area (Å²) in [5.74, 6) is 0.699. The van der Waals surface area contributed by atoms with Crippen LogP contribution in [-0.2, 0) is 11.2 Å². The van der Waals surface area contributed by atoms with Gasteiger partial charge in [-0.25, -0.2) is 0 Å². The van der Waals surface area contributed by atoms with Crippen LogP contribution in [0.2, 0.25) is 0 Å². The maximum absolute atomic E-state index is 12.2. The van der Waals surface area contributed by atoms with Crippen LogP contribution in [0.4, 0.5) is 0 Å². The third-order valence-corrected chi connectivity index (χ3v) is 3.85. The smallest absolute Gasteiger partial charge is 0.222 e. The van der Waals surface area contributed by atoms with Crippen molar-refractivity contribution < 1.29 is 4.79 Å². The first-order chi connectivity index (χ1) is 9.20. The van der Waals surface area contributed by atoms with Crippen LogP contribution in [0.3, 0.4) is 0 Å². The lowest BCUT2D eigenvalue weighted by Gasteiger charge is -2.16. The van der Waals surface area contributed by atoms with Gasteiger partial charge in [0.15, 0.2) is 0 Å². The van der Waals surface area contributed by atoms with Gasteiger partial charge in [-0.05, 0) is 30.4 Å². The summed E-state index contributed by atoms with van der Waals surface area (Å²) in [7, 11) is 0. The minimum Gasteiger partial charge on any atom is -0.341 e. The van der Waals surface area contributed by atoms with Crippen LogP contribution < -0.4 is 5.73 Å². The van der Waals surface area contributed by atoms with Gasteiger partial charge in [-0.1, -0.05) is 19.4 Å². The van der Waals surface area contributed by atoms with Gasteiger partial charge in [0.25, 0.3) is 0 Å². The summed E-state index contributed by atoms with van der Waals surface area (Å²) in [5, 5.41) is 0. The Hall–Kier alpha value is -1.42. The van der Waals surface area contributed by atoms with Gasteiger partial charge in [0.05, 0.1) is 0 Å². The molecule has 1 amide bonds. The van der Waals surface area contributed by atoms with Crippen LogP contribution in [0.5, 0.6) is 0 Å². The molecule has 4 heteroatoms. The molecule has 1 aromatic heterocycles. The summed E-state index contributed by atoms with van der Waals surface area (Å²) in [6.45, 7) is 3.72. The second kappa shape index (κ2) is 6.66. The Morgan fingerprint density at radius 3 is 3.05 bits per heavy atom. The molecule has 2 N–H and O–H groups in total. The Bertz CT molecular complexity index is 407. The first kappa shape index (κ1) is 14.0. The van der Waals surface area contributed by atoms with Crippen LogP contribution in [-0.4, -0.2) is 34.9 Å². The third-order valence-electron chi connectivity index (χ3n) is 3.85. The molecule has 19 heavy (non-hydrogen) atoms. The minimum absolute atomic E-state index is 0.155. The molecule has 1 aromatic rings. The van der Waals surface area contributed by atoms with E-state index in [4.69, 9.17) is 5.73 Å². The average molecular weight is 261 g/mol. The number of aromatic nitrogens is 1. The summed E-state index contributed by atoms with van der Waals surface area (Å²) >= 11 is 0. The Balaban J connectivity index is 1.81. The molecule has 0 radical (unpaired) electrons. The number of carbonyl (C=O) groups is 1. The van der Waals surface area contributed by atoms with Crippen molar-refractivity contribution >= 4 is 5.91 Å². The maximum atomic E-state index is 12.2.